The number of carbonyl (C=O) groups excluding carboxylic acids is 1. The fourth-order valence-electron chi connectivity index (χ4n) is 1.94. The first-order valence-corrected chi connectivity index (χ1v) is 5.29. The lowest BCUT2D eigenvalue weighted by Crippen LogP contribution is -2.25. The maximum atomic E-state index is 11.4. The quantitative estimate of drug-likeness (QED) is 0.765. The molecule has 5 heteroatoms. The number of methoxy groups -OCH3 is 1. The van der Waals surface area contributed by atoms with Gasteiger partial charge in [-0.15, -0.1) is 0 Å². The van der Waals surface area contributed by atoms with Gasteiger partial charge in [-0.05, 0) is 24.1 Å². The minimum absolute atomic E-state index is 0.227. The van der Waals surface area contributed by atoms with Gasteiger partial charge in [0.25, 0.3) is 0 Å². The average Bonchev–Trinajstić information content (AvgIpc) is 2.71. The number of ether oxygens (including phenoxy) is 1. The van der Waals surface area contributed by atoms with Crippen LogP contribution >= 0.6 is 0 Å². The van der Waals surface area contributed by atoms with Crippen LogP contribution in [0.5, 0.6) is 5.75 Å². The molecule has 17 heavy (non-hydrogen) atoms. The van der Waals surface area contributed by atoms with Crippen molar-refractivity contribution in [3.8, 4) is 5.75 Å². The van der Waals surface area contributed by atoms with Gasteiger partial charge in [-0.1, -0.05) is 12.1 Å². The summed E-state index contributed by atoms with van der Waals surface area (Å²) in [5, 5.41) is 11.5. The maximum Gasteiger partial charge on any atom is 0.316 e. The van der Waals surface area contributed by atoms with E-state index in [4.69, 9.17) is 9.84 Å². The first kappa shape index (κ1) is 11.4. The summed E-state index contributed by atoms with van der Waals surface area (Å²) in [6, 6.07) is 7.00. The molecular weight excluding hydrogens is 222 g/mol. The molecule has 2 atom stereocenters. The molecule has 2 N–H and O–H groups in total. The van der Waals surface area contributed by atoms with Crippen molar-refractivity contribution in [2.24, 2.45) is 5.92 Å². The van der Waals surface area contributed by atoms with E-state index in [0.717, 1.165) is 11.3 Å². The van der Waals surface area contributed by atoms with Gasteiger partial charge in [0.1, 0.15) is 11.7 Å². The molecule has 1 amide bonds. The molecule has 0 radical (unpaired) electrons. The zero-order chi connectivity index (χ0) is 12.4. The van der Waals surface area contributed by atoms with Crippen molar-refractivity contribution in [2.75, 3.05) is 7.11 Å². The molecular formula is C12H13NO4. The number of carbonyl (C=O) groups is 2. The Hall–Kier alpha value is -2.04. The Balaban J connectivity index is 2.14. The van der Waals surface area contributed by atoms with E-state index >= 15 is 0 Å². The predicted octanol–water partition coefficient (Wildman–Crippen LogP) is 0.957. The van der Waals surface area contributed by atoms with Crippen molar-refractivity contribution >= 4 is 11.9 Å². The highest BCUT2D eigenvalue weighted by Crippen LogP contribution is 2.29. The Labute approximate surface area is 98.4 Å². The van der Waals surface area contributed by atoms with Crippen LogP contribution in [0.15, 0.2) is 24.3 Å². The van der Waals surface area contributed by atoms with Crippen LogP contribution in [-0.2, 0) is 9.59 Å². The van der Waals surface area contributed by atoms with Crippen molar-refractivity contribution in [3.63, 3.8) is 0 Å². The molecule has 2 unspecified atom stereocenters. The highest BCUT2D eigenvalue weighted by molar-refractivity contribution is 5.98. The Morgan fingerprint density at radius 2 is 2.06 bits per heavy atom. The standard InChI is InChI=1S/C12H13NO4/c1-17-8-4-2-7(3-5-8)10-6-9(12(15)16)11(14)13-10/h2-5,9-10H,6H2,1H3,(H,13,14)(H,15,16). The van der Waals surface area contributed by atoms with Gasteiger partial charge in [0.2, 0.25) is 5.91 Å². The molecule has 1 saturated heterocycles. The Bertz CT molecular complexity index is 440. The van der Waals surface area contributed by atoms with Gasteiger partial charge < -0.3 is 15.2 Å². The lowest BCUT2D eigenvalue weighted by atomic mass is 10.00. The highest BCUT2D eigenvalue weighted by atomic mass is 16.5. The molecule has 0 aromatic heterocycles. The zero-order valence-electron chi connectivity index (χ0n) is 9.34. The number of aliphatic carboxylic acids is 1. The minimum Gasteiger partial charge on any atom is -0.497 e. The van der Waals surface area contributed by atoms with Crippen molar-refractivity contribution in [1.82, 2.24) is 5.32 Å². The Morgan fingerprint density at radius 1 is 1.41 bits per heavy atom. The van der Waals surface area contributed by atoms with E-state index in [9.17, 15) is 9.59 Å². The first-order valence-electron chi connectivity index (χ1n) is 5.29. The number of benzene rings is 1. The molecule has 2 rings (SSSR count). The van der Waals surface area contributed by atoms with Crippen molar-refractivity contribution in [2.45, 2.75) is 12.5 Å². The van der Waals surface area contributed by atoms with E-state index in [1.807, 2.05) is 12.1 Å². The largest absolute Gasteiger partial charge is 0.497 e. The van der Waals surface area contributed by atoms with Crippen molar-refractivity contribution < 1.29 is 19.4 Å². The third-order valence-electron chi connectivity index (χ3n) is 2.92. The van der Waals surface area contributed by atoms with E-state index in [-0.39, 0.29) is 6.04 Å². The summed E-state index contributed by atoms with van der Waals surface area (Å²) in [4.78, 5) is 22.2. The second kappa shape index (κ2) is 4.45. The number of nitrogens with one attached hydrogen (secondary N) is 1. The second-order valence-corrected chi connectivity index (χ2v) is 3.96. The fraction of sp³-hybridized carbons (Fsp3) is 0.333. The summed E-state index contributed by atoms with van der Waals surface area (Å²) in [6.07, 6.45) is 0.292. The lowest BCUT2D eigenvalue weighted by Gasteiger charge is -2.10. The first-order chi connectivity index (χ1) is 8.11. The highest BCUT2D eigenvalue weighted by Gasteiger charge is 2.37. The SMILES string of the molecule is COc1ccc(C2CC(C(=O)O)C(=O)N2)cc1. The lowest BCUT2D eigenvalue weighted by molar-refractivity contribution is -0.145. The summed E-state index contributed by atoms with van der Waals surface area (Å²) >= 11 is 0. The van der Waals surface area contributed by atoms with Gasteiger partial charge in [0, 0.05) is 0 Å². The van der Waals surface area contributed by atoms with Gasteiger partial charge >= 0.3 is 5.97 Å². The van der Waals surface area contributed by atoms with Crippen LogP contribution in [0.4, 0.5) is 0 Å². The molecule has 0 aliphatic carbocycles. The predicted molar refractivity (Wildman–Crippen MR) is 59.6 cm³/mol. The van der Waals surface area contributed by atoms with Gasteiger partial charge in [-0.25, -0.2) is 0 Å². The molecule has 1 fully saturated rings. The molecule has 1 aromatic rings. The molecule has 1 heterocycles. The van der Waals surface area contributed by atoms with Crippen LogP contribution in [0.25, 0.3) is 0 Å². The number of hydrogen-bond acceptors (Lipinski definition) is 3. The average molecular weight is 235 g/mol. The van der Waals surface area contributed by atoms with Gasteiger partial charge in [0.05, 0.1) is 13.2 Å². The molecule has 0 bridgehead atoms. The van der Waals surface area contributed by atoms with E-state index in [0.29, 0.717) is 6.42 Å². The molecule has 1 aliphatic rings. The molecule has 0 spiro atoms. The molecule has 1 aliphatic heterocycles. The van der Waals surface area contributed by atoms with Crippen LogP contribution < -0.4 is 10.1 Å². The van der Waals surface area contributed by atoms with E-state index in [1.165, 1.54) is 0 Å². The summed E-state index contributed by atoms with van der Waals surface area (Å²) in [5.74, 6) is -1.70. The maximum absolute atomic E-state index is 11.4. The fourth-order valence-corrected chi connectivity index (χ4v) is 1.94. The van der Waals surface area contributed by atoms with Crippen LogP contribution in [0.3, 0.4) is 0 Å². The Kier molecular flexibility index (Phi) is 2.99. The molecule has 90 valence electrons. The van der Waals surface area contributed by atoms with E-state index < -0.39 is 17.8 Å². The number of carboxylic acid groups (broad SMARTS) is 1. The third-order valence-corrected chi connectivity index (χ3v) is 2.92. The number of carboxylic acids is 1. The van der Waals surface area contributed by atoms with Crippen molar-refractivity contribution in [3.05, 3.63) is 29.8 Å². The third kappa shape index (κ3) is 2.22. The molecule has 5 nitrogen and oxygen atoms in total. The topological polar surface area (TPSA) is 75.6 Å². The normalized spacial score (nSPS) is 23.2. The Morgan fingerprint density at radius 3 is 2.53 bits per heavy atom. The monoisotopic (exact) mass is 235 g/mol. The molecule has 1 aromatic carbocycles. The smallest absolute Gasteiger partial charge is 0.316 e. The van der Waals surface area contributed by atoms with Crippen LogP contribution in [0, 0.1) is 5.92 Å². The summed E-state index contributed by atoms with van der Waals surface area (Å²) in [7, 11) is 1.58. The van der Waals surface area contributed by atoms with Crippen LogP contribution in [-0.4, -0.2) is 24.1 Å². The van der Waals surface area contributed by atoms with E-state index in [2.05, 4.69) is 5.32 Å². The minimum atomic E-state index is -1.07. The van der Waals surface area contributed by atoms with Crippen LogP contribution in [0.2, 0.25) is 0 Å². The summed E-state index contributed by atoms with van der Waals surface area (Å²) in [5.41, 5.74) is 0.892. The van der Waals surface area contributed by atoms with Crippen molar-refractivity contribution in [1.29, 1.82) is 0 Å². The zero-order valence-corrected chi connectivity index (χ0v) is 9.34. The molecule has 0 saturated carbocycles. The number of hydrogen-bond donors (Lipinski definition) is 2. The van der Waals surface area contributed by atoms with E-state index in [1.54, 1.807) is 19.2 Å². The summed E-state index contributed by atoms with van der Waals surface area (Å²) < 4.78 is 5.03. The van der Waals surface area contributed by atoms with Crippen LogP contribution in [0.1, 0.15) is 18.0 Å². The van der Waals surface area contributed by atoms with Gasteiger partial charge in [0.15, 0.2) is 0 Å². The summed E-state index contributed by atoms with van der Waals surface area (Å²) in [6.45, 7) is 0. The second-order valence-electron chi connectivity index (χ2n) is 3.96. The number of amides is 1. The van der Waals surface area contributed by atoms with Gasteiger partial charge in [-0.2, -0.15) is 0 Å². The van der Waals surface area contributed by atoms with Gasteiger partial charge in [-0.3, -0.25) is 9.59 Å². The number of rotatable bonds is 3.